The minimum atomic E-state index is -1.47. The van der Waals surface area contributed by atoms with Crippen LogP contribution in [0.15, 0.2) is 30.6 Å². The van der Waals surface area contributed by atoms with Crippen molar-refractivity contribution >= 4 is 64.3 Å². The topological polar surface area (TPSA) is 202 Å². The Kier molecular flexibility index (Phi) is 24.6. The Morgan fingerprint density at radius 3 is 2.13 bits per heavy atom. The number of hydrogen-bond donors (Lipinski definition) is 0. The molecule has 1 aromatic carbocycles. The third-order valence-corrected chi connectivity index (χ3v) is 21.9. The van der Waals surface area contributed by atoms with E-state index in [0.717, 1.165) is 50.9 Å². The molecule has 6 aliphatic rings. The first-order valence-electron chi connectivity index (χ1n) is 32.0. The number of nitrogens with zero attached hydrogens (tertiary/aromatic N) is 4. The second-order valence-electron chi connectivity index (χ2n) is 26.5. The summed E-state index contributed by atoms with van der Waals surface area (Å²) < 4.78 is 78.4. The van der Waals surface area contributed by atoms with E-state index < -0.39 is 113 Å². The first-order chi connectivity index (χ1) is 42.2. The number of thioether (sulfide) groups is 1. The Hall–Kier alpha value is -3.58. The lowest BCUT2D eigenvalue weighted by Gasteiger charge is -2.52. The van der Waals surface area contributed by atoms with E-state index >= 15 is 9.59 Å². The average Bonchev–Trinajstić information content (AvgIpc) is 1.83. The molecule has 8 rings (SSSR count). The zero-order valence-electron chi connectivity index (χ0n) is 55.3. The number of hydrogen-bond acceptors (Lipinski definition) is 21. The minimum absolute atomic E-state index is 0.0293. The van der Waals surface area contributed by atoms with Crippen LogP contribution in [0.4, 0.5) is 5.69 Å². The predicted octanol–water partition coefficient (Wildman–Crippen LogP) is 10.0. The van der Waals surface area contributed by atoms with Gasteiger partial charge in [-0.05, 0) is 113 Å². The molecule has 19 atom stereocenters. The summed E-state index contributed by atoms with van der Waals surface area (Å²) in [6.45, 7) is 23.6. The molecular weight excluding hydrogens is 1210 g/mol. The maximum atomic E-state index is 15.8. The van der Waals surface area contributed by atoms with Crippen molar-refractivity contribution in [2.24, 2.45) is 29.6 Å². The van der Waals surface area contributed by atoms with Gasteiger partial charge in [0.15, 0.2) is 35.8 Å². The standard InChI is InChI=1S/C66H100Cl2N4O16S/c1-17-52-66(11)54(58(62(76)88-66)89-29-26-72(36-46-47(67)34-69-35-48(46)68)44-22-23-50(77-14)51(31-44)84-45-20-18-19-21-45)39(4)56(74)37(2)32-64(9,78-15)59(87-63-55(70(12)13)49(30-38(3)81-63)71-24-27-80-28-25-71)40(5)57(41(6)61(75)85-52)86-53-33-65(10,79-16)60(42(7)82-53)83-43(8)73/h22-23,31,34-35,37-42,45,49,52-55,57-60,63H,17-21,24-30,32-33,36H2,1-16H3/t37-,38-,39-,40+,41-,42+,49-,52-,53+,54+,55+,57+,58+,59-,60+,63+,64-,65-,66-/m1/s1. The van der Waals surface area contributed by atoms with Crippen molar-refractivity contribution in [1.82, 2.24) is 14.8 Å². The van der Waals surface area contributed by atoms with E-state index in [0.29, 0.717) is 59.2 Å². The summed E-state index contributed by atoms with van der Waals surface area (Å²) in [6, 6.07) is 5.58. The zero-order chi connectivity index (χ0) is 64.9. The van der Waals surface area contributed by atoms with Crippen LogP contribution in [0.1, 0.15) is 133 Å². The molecule has 0 spiro atoms. The van der Waals surface area contributed by atoms with Gasteiger partial charge in [-0.25, -0.2) is 0 Å². The molecule has 6 fully saturated rings. The van der Waals surface area contributed by atoms with Crippen LogP contribution in [0.2, 0.25) is 10.0 Å². The summed E-state index contributed by atoms with van der Waals surface area (Å²) in [5.41, 5.74) is -2.32. The SMILES string of the molecule is CC[C@H]1OC(=O)[C@H](C)[C@@H](O[C@H]2C[C@@](C)(OC)[C@@H](OC(C)=O)[C@H](C)O2)[C@H](C)[C@@H](O[C@@H]2O[C@H](C)C[C@@H](N3CCOCC3)[C@@H]2N(C)C)[C@](C)(OC)C[C@@H](C)C(=O)[C@H](C)[C@H]2[C@H](SCCN(Cc3c(Cl)cncc3Cl)c3ccc(OC)c(OC4CCCC4)c3)C(=O)O[C@@]21C. The Balaban J connectivity index is 1.17. The lowest BCUT2D eigenvalue weighted by Crippen LogP contribution is -2.65. The second-order valence-corrected chi connectivity index (χ2v) is 28.5. The van der Waals surface area contributed by atoms with Gasteiger partial charge in [0.25, 0.3) is 0 Å². The predicted molar refractivity (Wildman–Crippen MR) is 340 cm³/mol. The normalized spacial score (nSPS) is 37.1. The van der Waals surface area contributed by atoms with E-state index in [1.807, 2.05) is 73.8 Å². The number of likely N-dealkylation sites (N-methyl/N-ethyl adjacent to an activating group) is 1. The molecule has 0 N–H and O–H groups in total. The van der Waals surface area contributed by atoms with Gasteiger partial charge in [-0.15, -0.1) is 11.8 Å². The number of Topliss-reactive ketones (excluding diaryl/α,β-unsaturated/α-hetero) is 1. The van der Waals surface area contributed by atoms with Gasteiger partial charge >= 0.3 is 17.9 Å². The van der Waals surface area contributed by atoms with Crippen molar-refractivity contribution in [2.75, 3.05) is 78.9 Å². The smallest absolute Gasteiger partial charge is 0.320 e. The second kappa shape index (κ2) is 30.7. The number of halogens is 2. The van der Waals surface area contributed by atoms with Crippen LogP contribution < -0.4 is 14.4 Å². The molecule has 0 amide bonds. The van der Waals surface area contributed by atoms with Gasteiger partial charge < -0.3 is 66.6 Å². The lowest BCUT2D eigenvalue weighted by molar-refractivity contribution is -0.315. The van der Waals surface area contributed by atoms with E-state index in [4.69, 9.17) is 80.0 Å². The van der Waals surface area contributed by atoms with Crippen LogP contribution in [0.5, 0.6) is 11.5 Å². The number of aromatic nitrogens is 1. The zero-order valence-corrected chi connectivity index (χ0v) is 57.6. The molecule has 6 heterocycles. The van der Waals surface area contributed by atoms with Gasteiger partial charge in [-0.3, -0.25) is 29.1 Å². The summed E-state index contributed by atoms with van der Waals surface area (Å²) in [4.78, 5) is 69.6. The molecule has 5 aliphatic heterocycles. The molecule has 1 saturated carbocycles. The highest BCUT2D eigenvalue weighted by Crippen LogP contribution is 2.50. The maximum absolute atomic E-state index is 15.8. The first-order valence-corrected chi connectivity index (χ1v) is 33.8. The number of benzene rings is 1. The van der Waals surface area contributed by atoms with Crippen LogP contribution in [0, 0.1) is 29.6 Å². The van der Waals surface area contributed by atoms with Gasteiger partial charge in [0, 0.05) is 119 Å². The fraction of sp³-hybridized carbons (Fsp3) is 0.773. The summed E-state index contributed by atoms with van der Waals surface area (Å²) in [5.74, 6) is -4.13. The summed E-state index contributed by atoms with van der Waals surface area (Å²) in [6.07, 6.45) is 2.11. The fourth-order valence-electron chi connectivity index (χ4n) is 15.1. The van der Waals surface area contributed by atoms with Crippen molar-refractivity contribution in [3.05, 3.63) is 46.2 Å². The number of cyclic esters (lactones) is 1. The van der Waals surface area contributed by atoms with Gasteiger partial charge in [0.2, 0.25) is 0 Å². The van der Waals surface area contributed by atoms with Crippen molar-refractivity contribution in [3.63, 3.8) is 0 Å². The van der Waals surface area contributed by atoms with E-state index in [9.17, 15) is 9.59 Å². The van der Waals surface area contributed by atoms with E-state index in [1.54, 1.807) is 54.5 Å². The highest BCUT2D eigenvalue weighted by Gasteiger charge is 2.62. The van der Waals surface area contributed by atoms with Crippen molar-refractivity contribution in [1.29, 1.82) is 0 Å². The molecule has 1 aliphatic carbocycles. The van der Waals surface area contributed by atoms with Crippen molar-refractivity contribution < 1.29 is 76.0 Å². The van der Waals surface area contributed by atoms with Crippen LogP contribution in [0.3, 0.4) is 0 Å². The number of rotatable bonds is 20. The van der Waals surface area contributed by atoms with Crippen LogP contribution >= 0.6 is 35.0 Å². The monoisotopic (exact) mass is 1310 g/mol. The van der Waals surface area contributed by atoms with Crippen LogP contribution in [-0.4, -0.2) is 202 Å². The quantitative estimate of drug-likeness (QED) is 0.0894. The molecule has 500 valence electrons. The summed E-state index contributed by atoms with van der Waals surface area (Å²) in [7, 11) is 8.84. The molecule has 5 saturated heterocycles. The number of anilines is 1. The fourth-order valence-corrected chi connectivity index (χ4v) is 17.1. The highest BCUT2D eigenvalue weighted by molar-refractivity contribution is 8.00. The van der Waals surface area contributed by atoms with Gasteiger partial charge in [-0.1, -0.05) is 50.9 Å². The minimum Gasteiger partial charge on any atom is -0.493 e. The van der Waals surface area contributed by atoms with E-state index in [-0.39, 0.29) is 49.3 Å². The van der Waals surface area contributed by atoms with Crippen molar-refractivity contribution in [2.45, 2.75) is 224 Å². The lowest BCUT2D eigenvalue weighted by atomic mass is 9.70. The summed E-state index contributed by atoms with van der Waals surface area (Å²) in [5, 5.41) is -0.0696. The largest absolute Gasteiger partial charge is 0.493 e. The number of carbonyl (C=O) groups is 4. The van der Waals surface area contributed by atoms with Crippen molar-refractivity contribution in [3.8, 4) is 11.5 Å². The number of methoxy groups -OCH3 is 3. The van der Waals surface area contributed by atoms with E-state index in [1.165, 1.54) is 18.7 Å². The number of carbonyl (C=O) groups excluding carboxylic acids is 4. The molecule has 2 aromatic rings. The highest BCUT2D eigenvalue weighted by atomic mass is 35.5. The number of fused-ring (bicyclic) bond motifs is 1. The average molecular weight is 1310 g/mol. The maximum Gasteiger partial charge on any atom is 0.320 e. The van der Waals surface area contributed by atoms with Gasteiger partial charge in [0.1, 0.15) is 22.7 Å². The van der Waals surface area contributed by atoms with E-state index in [2.05, 4.69) is 26.6 Å². The molecule has 89 heavy (non-hydrogen) atoms. The number of ether oxygens (including phenoxy) is 12. The Morgan fingerprint density at radius 1 is 0.854 bits per heavy atom. The van der Waals surface area contributed by atoms with Crippen LogP contribution in [0.25, 0.3) is 0 Å². The van der Waals surface area contributed by atoms with Gasteiger partial charge in [0.05, 0.1) is 78.4 Å². The summed E-state index contributed by atoms with van der Waals surface area (Å²) >= 11 is 15.0. The third kappa shape index (κ3) is 16.0. The number of pyridine rings is 1. The molecule has 0 radical (unpaired) electrons. The number of ketones is 1. The number of morpholine rings is 1. The third-order valence-electron chi connectivity index (χ3n) is 20.0. The Labute approximate surface area is 542 Å². The molecule has 23 heteroatoms. The first kappa shape index (κ1) is 71.3. The molecule has 1 aromatic heterocycles. The molecular formula is C66H100Cl2N4O16S. The van der Waals surface area contributed by atoms with Crippen LogP contribution in [-0.2, 0) is 73.1 Å². The Morgan fingerprint density at radius 2 is 1.52 bits per heavy atom. The Bertz CT molecular complexity index is 2710. The molecule has 0 unspecified atom stereocenters. The molecule has 0 bridgehead atoms. The molecule has 20 nitrogen and oxygen atoms in total. The number of esters is 3. The van der Waals surface area contributed by atoms with Gasteiger partial charge in [-0.2, -0.15) is 0 Å².